The highest BCUT2D eigenvalue weighted by Gasteiger charge is 2.50. The summed E-state index contributed by atoms with van der Waals surface area (Å²) in [5.74, 6) is 0.635. The van der Waals surface area contributed by atoms with E-state index in [9.17, 15) is 0 Å². The van der Waals surface area contributed by atoms with E-state index in [2.05, 4.69) is 88.4 Å². The van der Waals surface area contributed by atoms with Gasteiger partial charge in [-0.05, 0) is 53.4 Å². The third kappa shape index (κ3) is 7.29. The summed E-state index contributed by atoms with van der Waals surface area (Å²) >= 11 is 0. The first-order chi connectivity index (χ1) is 16.5. The first-order valence-corrected chi connectivity index (χ1v) is 15.7. The molecule has 1 fully saturated rings. The normalized spacial score (nSPS) is 19.3. The minimum absolute atomic E-state index is 0.0488. The van der Waals surface area contributed by atoms with Crippen LogP contribution in [0.1, 0.15) is 91.9 Å². The molecule has 0 atom stereocenters. The van der Waals surface area contributed by atoms with Gasteiger partial charge in [0.25, 0.3) is 8.32 Å². The lowest BCUT2D eigenvalue weighted by molar-refractivity contribution is 0.0105. The van der Waals surface area contributed by atoms with E-state index in [1.807, 2.05) is 0 Å². The molecule has 3 heteroatoms. The summed E-state index contributed by atoms with van der Waals surface area (Å²) < 4.78 is 13.4. The van der Waals surface area contributed by atoms with E-state index < -0.39 is 8.32 Å². The van der Waals surface area contributed by atoms with Gasteiger partial charge in [-0.15, -0.1) is 0 Å². The zero-order valence-corrected chi connectivity index (χ0v) is 23.2. The second kappa shape index (κ2) is 13.6. The van der Waals surface area contributed by atoms with Crippen LogP contribution in [0, 0.1) is 5.92 Å². The molecular formula is C31H48O2Si. The van der Waals surface area contributed by atoms with Gasteiger partial charge in [0.2, 0.25) is 0 Å². The van der Waals surface area contributed by atoms with E-state index in [0.717, 1.165) is 13.2 Å². The molecule has 0 aromatic heterocycles. The minimum Gasteiger partial charge on any atom is -0.407 e. The molecule has 1 aliphatic rings. The van der Waals surface area contributed by atoms with Crippen molar-refractivity contribution in [1.82, 2.24) is 0 Å². The number of benzene rings is 2. The molecule has 2 nitrogen and oxygen atoms in total. The van der Waals surface area contributed by atoms with E-state index in [0.29, 0.717) is 12.0 Å². The van der Waals surface area contributed by atoms with E-state index in [4.69, 9.17) is 9.16 Å². The fourth-order valence-corrected chi connectivity index (χ4v) is 10.2. The maximum Gasteiger partial charge on any atom is 0.261 e. The van der Waals surface area contributed by atoms with Crippen LogP contribution in [-0.2, 0) is 9.16 Å². The number of hydrogen-bond donors (Lipinski definition) is 0. The van der Waals surface area contributed by atoms with Gasteiger partial charge in [0.05, 0.1) is 6.10 Å². The van der Waals surface area contributed by atoms with Crippen molar-refractivity contribution < 1.29 is 9.16 Å². The lowest BCUT2D eigenvalue weighted by atomic mass is 9.88. The molecule has 188 valence electrons. The molecule has 3 rings (SSSR count). The Labute approximate surface area is 210 Å². The third-order valence-corrected chi connectivity index (χ3v) is 12.6. The van der Waals surface area contributed by atoms with Crippen molar-refractivity contribution in [2.24, 2.45) is 5.92 Å². The average Bonchev–Trinajstić information content (AvgIpc) is 2.85. The van der Waals surface area contributed by atoms with Crippen molar-refractivity contribution in [3.8, 4) is 0 Å². The van der Waals surface area contributed by atoms with Crippen LogP contribution < -0.4 is 10.4 Å². The van der Waals surface area contributed by atoms with Crippen molar-refractivity contribution >= 4 is 18.7 Å². The molecule has 1 saturated carbocycles. The Morgan fingerprint density at radius 1 is 0.735 bits per heavy atom. The van der Waals surface area contributed by atoms with Gasteiger partial charge in [-0.25, -0.2) is 0 Å². The van der Waals surface area contributed by atoms with Gasteiger partial charge in [-0.3, -0.25) is 0 Å². The lowest BCUT2D eigenvalue weighted by Gasteiger charge is -2.44. The summed E-state index contributed by atoms with van der Waals surface area (Å²) in [6.45, 7) is 11.2. The standard InChI is InChI=1S/C31H48O2Si/c1-5-6-7-8-9-16-25-32-28-23-21-27(22-24-28)26-33-34(31(2,3)4,29-17-12-10-13-18-29)30-19-14-11-15-20-30/h10-15,17-20,27-28H,5-9,16,21-26H2,1-4H3. The van der Waals surface area contributed by atoms with Crippen LogP contribution in [0.15, 0.2) is 60.7 Å². The second-order valence-electron chi connectivity index (χ2n) is 11.3. The number of rotatable bonds is 13. The second-order valence-corrected chi connectivity index (χ2v) is 15.6. The Kier molecular flexibility index (Phi) is 10.9. The zero-order chi connectivity index (χ0) is 24.3. The average molecular weight is 481 g/mol. The first-order valence-electron chi connectivity index (χ1n) is 13.8. The molecule has 2 aromatic carbocycles. The minimum atomic E-state index is -2.42. The van der Waals surface area contributed by atoms with E-state index in [1.165, 1.54) is 74.6 Å². The fraction of sp³-hybridized carbons (Fsp3) is 0.613. The monoisotopic (exact) mass is 480 g/mol. The predicted molar refractivity (Wildman–Crippen MR) is 149 cm³/mol. The molecule has 0 heterocycles. The summed E-state index contributed by atoms with van der Waals surface area (Å²) in [6, 6.07) is 22.1. The highest BCUT2D eigenvalue weighted by atomic mass is 28.4. The Hall–Kier alpha value is -1.42. The molecule has 0 N–H and O–H groups in total. The fourth-order valence-electron chi connectivity index (χ4n) is 5.60. The highest BCUT2D eigenvalue weighted by molar-refractivity contribution is 6.99. The Morgan fingerprint density at radius 3 is 1.79 bits per heavy atom. The molecule has 0 bridgehead atoms. The Bertz CT molecular complexity index is 752. The number of hydrogen-bond acceptors (Lipinski definition) is 2. The van der Waals surface area contributed by atoms with Gasteiger partial charge < -0.3 is 9.16 Å². The number of ether oxygens (including phenoxy) is 1. The first kappa shape index (κ1) is 27.2. The highest BCUT2D eigenvalue weighted by Crippen LogP contribution is 2.38. The van der Waals surface area contributed by atoms with Crippen LogP contribution in [0.4, 0.5) is 0 Å². The van der Waals surface area contributed by atoms with Crippen LogP contribution in [-0.4, -0.2) is 27.6 Å². The molecular weight excluding hydrogens is 432 g/mol. The van der Waals surface area contributed by atoms with Crippen LogP contribution in [0.5, 0.6) is 0 Å². The molecule has 0 saturated heterocycles. The maximum atomic E-state index is 7.18. The lowest BCUT2D eigenvalue weighted by Crippen LogP contribution is -2.67. The van der Waals surface area contributed by atoms with Crippen molar-refractivity contribution in [3.05, 3.63) is 60.7 Å². The number of unbranched alkanes of at least 4 members (excludes halogenated alkanes) is 5. The predicted octanol–water partition coefficient (Wildman–Crippen LogP) is 7.50. The Morgan fingerprint density at radius 2 is 1.26 bits per heavy atom. The molecule has 0 amide bonds. The van der Waals surface area contributed by atoms with Crippen LogP contribution in [0.2, 0.25) is 5.04 Å². The zero-order valence-electron chi connectivity index (χ0n) is 22.2. The van der Waals surface area contributed by atoms with E-state index in [-0.39, 0.29) is 5.04 Å². The van der Waals surface area contributed by atoms with E-state index in [1.54, 1.807) is 0 Å². The third-order valence-electron chi connectivity index (χ3n) is 7.60. The van der Waals surface area contributed by atoms with Gasteiger partial charge in [0.15, 0.2) is 0 Å². The topological polar surface area (TPSA) is 18.5 Å². The van der Waals surface area contributed by atoms with E-state index >= 15 is 0 Å². The van der Waals surface area contributed by atoms with Crippen molar-refractivity contribution in [2.75, 3.05) is 13.2 Å². The smallest absolute Gasteiger partial charge is 0.261 e. The van der Waals surface area contributed by atoms with Crippen molar-refractivity contribution in [1.29, 1.82) is 0 Å². The molecule has 34 heavy (non-hydrogen) atoms. The van der Waals surface area contributed by atoms with Crippen LogP contribution in [0.3, 0.4) is 0 Å². The Balaban J connectivity index is 1.57. The molecule has 0 spiro atoms. The van der Waals surface area contributed by atoms with Crippen molar-refractivity contribution in [2.45, 2.75) is 103 Å². The summed E-state index contributed by atoms with van der Waals surface area (Å²) in [5, 5.41) is 2.81. The van der Waals surface area contributed by atoms with Crippen LogP contribution in [0.25, 0.3) is 0 Å². The van der Waals surface area contributed by atoms with Gasteiger partial charge in [0, 0.05) is 13.2 Å². The van der Waals surface area contributed by atoms with Gasteiger partial charge >= 0.3 is 0 Å². The summed E-state index contributed by atoms with van der Waals surface area (Å²) in [6.07, 6.45) is 13.3. The summed E-state index contributed by atoms with van der Waals surface area (Å²) in [5.41, 5.74) is 0. The largest absolute Gasteiger partial charge is 0.407 e. The molecule has 1 aliphatic carbocycles. The van der Waals surface area contributed by atoms with Gasteiger partial charge in [0.1, 0.15) is 0 Å². The molecule has 2 aromatic rings. The SMILES string of the molecule is CCCCCCCCOC1CCC(CO[Si](c2ccccc2)(c2ccccc2)C(C)(C)C)CC1. The summed E-state index contributed by atoms with van der Waals surface area (Å²) in [7, 11) is -2.42. The molecule has 0 radical (unpaired) electrons. The maximum absolute atomic E-state index is 7.18. The van der Waals surface area contributed by atoms with Crippen molar-refractivity contribution in [3.63, 3.8) is 0 Å². The summed E-state index contributed by atoms with van der Waals surface area (Å²) in [4.78, 5) is 0. The van der Waals surface area contributed by atoms with Gasteiger partial charge in [-0.1, -0.05) is 120 Å². The molecule has 0 unspecified atom stereocenters. The van der Waals surface area contributed by atoms with Crippen LogP contribution >= 0.6 is 0 Å². The quantitative estimate of drug-likeness (QED) is 0.218. The molecule has 0 aliphatic heterocycles. The van der Waals surface area contributed by atoms with Gasteiger partial charge in [-0.2, -0.15) is 0 Å².